The summed E-state index contributed by atoms with van der Waals surface area (Å²) in [6, 6.07) is 7.69. The van der Waals surface area contributed by atoms with E-state index in [9.17, 15) is 4.79 Å². The molecule has 1 aromatic heterocycles. The third-order valence-corrected chi connectivity index (χ3v) is 4.41. The minimum absolute atomic E-state index is 0.0100. The van der Waals surface area contributed by atoms with Crippen LogP contribution in [0.1, 0.15) is 26.4 Å². The van der Waals surface area contributed by atoms with E-state index in [0.717, 1.165) is 22.6 Å². The van der Waals surface area contributed by atoms with Gasteiger partial charge in [0, 0.05) is 21.8 Å². The summed E-state index contributed by atoms with van der Waals surface area (Å²) in [6.45, 7) is 4.65. The summed E-state index contributed by atoms with van der Waals surface area (Å²) in [5, 5.41) is 5.60. The van der Waals surface area contributed by atoms with Crippen LogP contribution >= 0.6 is 22.9 Å². The van der Waals surface area contributed by atoms with Gasteiger partial charge < -0.3 is 5.32 Å². The topological polar surface area (TPSA) is 29.1 Å². The van der Waals surface area contributed by atoms with E-state index < -0.39 is 0 Å². The molecule has 0 unspecified atom stereocenters. The molecule has 0 aliphatic rings. The zero-order valence-electron chi connectivity index (χ0n) is 11.0. The molecule has 1 aromatic carbocycles. The van der Waals surface area contributed by atoms with Crippen LogP contribution in [0, 0.1) is 13.8 Å². The molecular formula is C15H16ClNOS. The van der Waals surface area contributed by atoms with E-state index in [2.05, 4.69) is 5.32 Å². The maximum Gasteiger partial charge on any atom is 0.252 e. The van der Waals surface area contributed by atoms with E-state index in [4.69, 9.17) is 11.6 Å². The van der Waals surface area contributed by atoms with Crippen LogP contribution in [0.25, 0.3) is 0 Å². The predicted molar refractivity (Wildman–Crippen MR) is 81.3 cm³/mol. The van der Waals surface area contributed by atoms with Crippen molar-refractivity contribution in [2.75, 3.05) is 6.54 Å². The number of aryl methyl sites for hydroxylation is 1. The van der Waals surface area contributed by atoms with Gasteiger partial charge in [-0.3, -0.25) is 4.79 Å². The molecular weight excluding hydrogens is 278 g/mol. The van der Waals surface area contributed by atoms with Gasteiger partial charge in [0.2, 0.25) is 0 Å². The second kappa shape index (κ2) is 6.22. The zero-order chi connectivity index (χ0) is 13.8. The molecule has 100 valence electrons. The molecule has 0 radical (unpaired) electrons. The quantitative estimate of drug-likeness (QED) is 0.907. The smallest absolute Gasteiger partial charge is 0.252 e. The molecule has 2 nitrogen and oxygen atoms in total. The monoisotopic (exact) mass is 293 g/mol. The summed E-state index contributed by atoms with van der Waals surface area (Å²) in [7, 11) is 0. The standard InChI is InChI=1S/C15H16ClNOS/c1-10-11(2)19-9-14(10)15(18)17-8-7-12-3-5-13(16)6-4-12/h3-6,9H,7-8H2,1-2H3,(H,17,18). The van der Waals surface area contributed by atoms with Gasteiger partial charge in [0.1, 0.15) is 0 Å². The number of nitrogens with one attached hydrogen (secondary N) is 1. The number of carbonyl (C=O) groups excluding carboxylic acids is 1. The van der Waals surface area contributed by atoms with E-state index in [0.29, 0.717) is 6.54 Å². The molecule has 1 amide bonds. The number of benzene rings is 1. The van der Waals surface area contributed by atoms with Crippen molar-refractivity contribution in [3.63, 3.8) is 0 Å². The van der Waals surface area contributed by atoms with Crippen LogP contribution in [-0.2, 0) is 6.42 Å². The summed E-state index contributed by atoms with van der Waals surface area (Å²) in [4.78, 5) is 13.2. The molecule has 2 rings (SSSR count). The van der Waals surface area contributed by atoms with Gasteiger partial charge in [0.25, 0.3) is 5.91 Å². The Hall–Kier alpha value is -1.32. The van der Waals surface area contributed by atoms with Crippen molar-refractivity contribution in [2.45, 2.75) is 20.3 Å². The normalized spacial score (nSPS) is 10.5. The molecule has 0 atom stereocenters. The molecule has 0 spiro atoms. The summed E-state index contributed by atoms with van der Waals surface area (Å²) in [5.41, 5.74) is 3.04. The highest BCUT2D eigenvalue weighted by atomic mass is 35.5. The molecule has 0 saturated carbocycles. The predicted octanol–water partition coefficient (Wildman–Crippen LogP) is 3.99. The van der Waals surface area contributed by atoms with Crippen LogP contribution in [0.4, 0.5) is 0 Å². The molecule has 4 heteroatoms. The van der Waals surface area contributed by atoms with Crippen molar-refractivity contribution in [1.82, 2.24) is 5.32 Å². The lowest BCUT2D eigenvalue weighted by molar-refractivity contribution is 0.0954. The first-order chi connectivity index (χ1) is 9.08. The van der Waals surface area contributed by atoms with Crippen molar-refractivity contribution in [3.05, 3.63) is 56.2 Å². The molecule has 1 N–H and O–H groups in total. The van der Waals surface area contributed by atoms with Gasteiger partial charge >= 0.3 is 0 Å². The number of hydrogen-bond acceptors (Lipinski definition) is 2. The molecule has 0 bridgehead atoms. The van der Waals surface area contributed by atoms with Crippen LogP contribution in [0.2, 0.25) is 5.02 Å². The minimum Gasteiger partial charge on any atom is -0.352 e. The van der Waals surface area contributed by atoms with E-state index in [1.54, 1.807) is 11.3 Å². The Balaban J connectivity index is 1.87. The van der Waals surface area contributed by atoms with E-state index >= 15 is 0 Å². The molecule has 2 aromatic rings. The van der Waals surface area contributed by atoms with Crippen molar-refractivity contribution >= 4 is 28.8 Å². The Morgan fingerprint density at radius 3 is 2.53 bits per heavy atom. The number of carbonyl (C=O) groups is 1. The highest BCUT2D eigenvalue weighted by Crippen LogP contribution is 2.20. The van der Waals surface area contributed by atoms with Crippen LogP contribution in [0.3, 0.4) is 0 Å². The molecule has 0 aliphatic carbocycles. The molecule has 0 fully saturated rings. The lowest BCUT2D eigenvalue weighted by atomic mass is 10.1. The van der Waals surface area contributed by atoms with Crippen LogP contribution in [-0.4, -0.2) is 12.5 Å². The average Bonchev–Trinajstić information content (AvgIpc) is 2.72. The van der Waals surface area contributed by atoms with Crippen molar-refractivity contribution in [3.8, 4) is 0 Å². The maximum atomic E-state index is 12.0. The SMILES string of the molecule is Cc1scc(C(=O)NCCc2ccc(Cl)cc2)c1C. The number of halogens is 1. The number of amides is 1. The Labute approximate surface area is 122 Å². The maximum absolute atomic E-state index is 12.0. The number of thiophene rings is 1. The number of rotatable bonds is 4. The van der Waals surface area contributed by atoms with Gasteiger partial charge in [-0.25, -0.2) is 0 Å². The Bertz CT molecular complexity index is 574. The second-order valence-corrected chi connectivity index (χ2v) is 5.98. The molecule has 1 heterocycles. The lowest BCUT2D eigenvalue weighted by Crippen LogP contribution is -2.25. The highest BCUT2D eigenvalue weighted by molar-refractivity contribution is 7.10. The molecule has 0 saturated heterocycles. The lowest BCUT2D eigenvalue weighted by Gasteiger charge is -2.05. The van der Waals surface area contributed by atoms with E-state index in [1.807, 2.05) is 43.5 Å². The fraction of sp³-hybridized carbons (Fsp3) is 0.267. The van der Waals surface area contributed by atoms with Gasteiger partial charge in [0.05, 0.1) is 5.56 Å². The largest absolute Gasteiger partial charge is 0.352 e. The third kappa shape index (κ3) is 3.58. The molecule has 19 heavy (non-hydrogen) atoms. The Morgan fingerprint density at radius 2 is 1.95 bits per heavy atom. The van der Waals surface area contributed by atoms with Gasteiger partial charge in [-0.2, -0.15) is 0 Å². The van der Waals surface area contributed by atoms with Crippen LogP contribution in [0.15, 0.2) is 29.6 Å². The molecule has 0 aliphatic heterocycles. The Kier molecular flexibility index (Phi) is 4.61. The van der Waals surface area contributed by atoms with Gasteiger partial charge in [-0.1, -0.05) is 23.7 Å². The van der Waals surface area contributed by atoms with Gasteiger partial charge in [0.15, 0.2) is 0 Å². The van der Waals surface area contributed by atoms with Gasteiger partial charge in [-0.15, -0.1) is 11.3 Å². The van der Waals surface area contributed by atoms with E-state index in [-0.39, 0.29) is 5.91 Å². The average molecular weight is 294 g/mol. The van der Waals surface area contributed by atoms with Crippen molar-refractivity contribution in [2.24, 2.45) is 0 Å². The summed E-state index contributed by atoms with van der Waals surface area (Å²) >= 11 is 7.44. The first kappa shape index (κ1) is 14.1. The first-order valence-electron chi connectivity index (χ1n) is 6.15. The third-order valence-electron chi connectivity index (χ3n) is 3.14. The summed E-state index contributed by atoms with van der Waals surface area (Å²) in [6.07, 6.45) is 0.811. The number of hydrogen-bond donors (Lipinski definition) is 1. The fourth-order valence-electron chi connectivity index (χ4n) is 1.80. The fourth-order valence-corrected chi connectivity index (χ4v) is 2.80. The minimum atomic E-state index is 0.0100. The first-order valence-corrected chi connectivity index (χ1v) is 7.41. The summed E-state index contributed by atoms with van der Waals surface area (Å²) < 4.78 is 0. The van der Waals surface area contributed by atoms with Gasteiger partial charge in [-0.05, 0) is 43.5 Å². The van der Waals surface area contributed by atoms with Crippen LogP contribution < -0.4 is 5.32 Å². The van der Waals surface area contributed by atoms with Crippen LogP contribution in [0.5, 0.6) is 0 Å². The van der Waals surface area contributed by atoms with E-state index in [1.165, 1.54) is 10.4 Å². The Morgan fingerprint density at radius 1 is 1.26 bits per heavy atom. The summed E-state index contributed by atoms with van der Waals surface area (Å²) in [5.74, 6) is 0.0100. The van der Waals surface area contributed by atoms with Crippen molar-refractivity contribution in [1.29, 1.82) is 0 Å². The van der Waals surface area contributed by atoms with Crippen molar-refractivity contribution < 1.29 is 4.79 Å². The zero-order valence-corrected chi connectivity index (χ0v) is 12.6. The second-order valence-electron chi connectivity index (χ2n) is 4.46. The highest BCUT2D eigenvalue weighted by Gasteiger charge is 2.11.